The van der Waals surface area contributed by atoms with Gasteiger partial charge in [-0.1, -0.05) is 19.9 Å². The zero-order chi connectivity index (χ0) is 18.5. The summed E-state index contributed by atoms with van der Waals surface area (Å²) in [5.41, 5.74) is 8.10. The Kier molecular flexibility index (Phi) is 3.61. The number of nitrogen functional groups attached to an aromatic ring is 1. The first-order valence-electron chi connectivity index (χ1n) is 8.51. The predicted molar refractivity (Wildman–Crippen MR) is 98.6 cm³/mol. The van der Waals surface area contributed by atoms with E-state index in [0.29, 0.717) is 5.82 Å². The van der Waals surface area contributed by atoms with Gasteiger partial charge in [0, 0.05) is 29.6 Å². The summed E-state index contributed by atoms with van der Waals surface area (Å²) < 4.78 is 0. The monoisotopic (exact) mass is 348 g/mol. The number of fused-ring (bicyclic) bond motifs is 1. The lowest BCUT2D eigenvalue weighted by atomic mass is 9.75. The molecule has 2 aliphatic rings. The van der Waals surface area contributed by atoms with Gasteiger partial charge in [0.25, 0.3) is 0 Å². The molecule has 2 aromatic rings. The first-order chi connectivity index (χ1) is 12.4. The molecule has 2 aromatic heterocycles. The first-order valence-corrected chi connectivity index (χ1v) is 8.51. The Hall–Kier alpha value is -3.09. The van der Waals surface area contributed by atoms with E-state index >= 15 is 0 Å². The Morgan fingerprint density at radius 3 is 2.62 bits per heavy atom. The van der Waals surface area contributed by atoms with Crippen molar-refractivity contribution in [1.29, 1.82) is 0 Å². The summed E-state index contributed by atoms with van der Waals surface area (Å²) in [7, 11) is 0. The maximum atomic E-state index is 13.1. The van der Waals surface area contributed by atoms with Crippen molar-refractivity contribution in [3.8, 4) is 0 Å². The van der Waals surface area contributed by atoms with Gasteiger partial charge in [0.15, 0.2) is 5.82 Å². The van der Waals surface area contributed by atoms with Gasteiger partial charge in [-0.05, 0) is 25.0 Å². The van der Waals surface area contributed by atoms with Crippen molar-refractivity contribution in [1.82, 2.24) is 19.9 Å². The minimum atomic E-state index is -0.524. The smallest absolute Gasteiger partial charge is 0.238 e. The molecule has 0 spiro atoms. The van der Waals surface area contributed by atoms with Crippen LogP contribution in [0, 0.1) is 18.3 Å². The molecule has 1 atom stereocenters. The minimum absolute atomic E-state index is 0.00320. The van der Waals surface area contributed by atoms with Crippen LogP contribution in [0.4, 0.5) is 11.6 Å². The van der Waals surface area contributed by atoms with Gasteiger partial charge in [-0.2, -0.15) is 0 Å². The molecule has 0 radical (unpaired) electrons. The van der Waals surface area contributed by atoms with E-state index in [4.69, 9.17) is 5.73 Å². The minimum Gasteiger partial charge on any atom is -0.382 e. The molecule has 132 valence electrons. The van der Waals surface area contributed by atoms with E-state index in [2.05, 4.69) is 26.0 Å². The molecule has 1 aliphatic carbocycles. The van der Waals surface area contributed by atoms with Crippen LogP contribution >= 0.6 is 0 Å². The Labute approximate surface area is 151 Å². The molecule has 0 aromatic carbocycles. The third kappa shape index (κ3) is 2.47. The van der Waals surface area contributed by atoms with Crippen LogP contribution in [0.2, 0.25) is 0 Å². The SMILES string of the molecule is Cc1ncc(C2=CCC3C(=C2)N(c2cncc(N)n2)C(=O)C3(C)C)cn1. The highest BCUT2D eigenvalue weighted by atomic mass is 16.2. The largest absolute Gasteiger partial charge is 0.382 e. The third-order valence-corrected chi connectivity index (χ3v) is 5.10. The zero-order valence-electron chi connectivity index (χ0n) is 15.0. The molecule has 7 heteroatoms. The summed E-state index contributed by atoms with van der Waals surface area (Å²) in [5, 5.41) is 0. The number of carbonyl (C=O) groups excluding carboxylic acids is 1. The Balaban J connectivity index is 1.81. The standard InChI is InChI=1S/C19H20N6O/c1-11-22-7-13(8-23-11)12-4-5-14-15(6-12)25(18(26)19(14,2)3)17-10-21-9-16(20)24-17/h4,6-10,14H,5H2,1-3H3,(H2,20,24). The summed E-state index contributed by atoms with van der Waals surface area (Å²) in [6.45, 7) is 5.80. The third-order valence-electron chi connectivity index (χ3n) is 5.10. The van der Waals surface area contributed by atoms with Gasteiger partial charge in [-0.15, -0.1) is 0 Å². The second-order valence-corrected chi connectivity index (χ2v) is 7.20. The molecule has 1 fully saturated rings. The maximum absolute atomic E-state index is 13.1. The molecule has 1 amide bonds. The second kappa shape index (κ2) is 5.72. The second-order valence-electron chi connectivity index (χ2n) is 7.20. The van der Waals surface area contributed by atoms with Gasteiger partial charge in [0.2, 0.25) is 5.91 Å². The van der Waals surface area contributed by atoms with E-state index in [-0.39, 0.29) is 17.6 Å². The van der Waals surface area contributed by atoms with Crippen LogP contribution < -0.4 is 10.6 Å². The number of carbonyl (C=O) groups is 1. The van der Waals surface area contributed by atoms with Crippen molar-refractivity contribution >= 4 is 23.1 Å². The van der Waals surface area contributed by atoms with Gasteiger partial charge in [0.1, 0.15) is 11.6 Å². The molecule has 26 heavy (non-hydrogen) atoms. The lowest BCUT2D eigenvalue weighted by Gasteiger charge is -2.25. The lowest BCUT2D eigenvalue weighted by molar-refractivity contribution is -0.125. The topological polar surface area (TPSA) is 97.9 Å². The summed E-state index contributed by atoms with van der Waals surface area (Å²) in [6.07, 6.45) is 11.6. The van der Waals surface area contributed by atoms with Crippen molar-refractivity contribution in [2.45, 2.75) is 27.2 Å². The van der Waals surface area contributed by atoms with E-state index in [9.17, 15) is 4.79 Å². The van der Waals surface area contributed by atoms with E-state index in [1.54, 1.807) is 23.5 Å². The number of aryl methyl sites for hydroxylation is 1. The summed E-state index contributed by atoms with van der Waals surface area (Å²) >= 11 is 0. The van der Waals surface area contributed by atoms with Crippen molar-refractivity contribution in [3.05, 3.63) is 54.0 Å². The van der Waals surface area contributed by atoms with E-state index in [0.717, 1.165) is 29.1 Å². The molecule has 7 nitrogen and oxygen atoms in total. The number of rotatable bonds is 2. The van der Waals surface area contributed by atoms with Crippen molar-refractivity contribution < 1.29 is 4.79 Å². The molecule has 0 saturated carbocycles. The fraction of sp³-hybridized carbons (Fsp3) is 0.316. The summed E-state index contributed by atoms with van der Waals surface area (Å²) in [6, 6.07) is 0. The van der Waals surface area contributed by atoms with Crippen LogP contribution in [-0.4, -0.2) is 25.8 Å². The molecule has 1 unspecified atom stereocenters. The number of anilines is 2. The molecule has 3 heterocycles. The van der Waals surface area contributed by atoms with Crippen molar-refractivity contribution in [2.24, 2.45) is 11.3 Å². The van der Waals surface area contributed by atoms with Crippen molar-refractivity contribution in [2.75, 3.05) is 10.6 Å². The van der Waals surface area contributed by atoms with Gasteiger partial charge < -0.3 is 5.73 Å². The fourth-order valence-corrected chi connectivity index (χ4v) is 3.58. The average Bonchev–Trinajstić information content (AvgIpc) is 2.81. The van der Waals surface area contributed by atoms with E-state index < -0.39 is 5.41 Å². The van der Waals surface area contributed by atoms with Crippen LogP contribution in [0.25, 0.3) is 5.57 Å². The number of hydrogen-bond acceptors (Lipinski definition) is 6. The molecule has 0 bridgehead atoms. The number of nitrogens with zero attached hydrogens (tertiary/aromatic N) is 5. The Morgan fingerprint density at radius 1 is 1.19 bits per heavy atom. The van der Waals surface area contributed by atoms with Gasteiger partial charge in [0.05, 0.1) is 17.8 Å². The Morgan fingerprint density at radius 2 is 1.92 bits per heavy atom. The summed E-state index contributed by atoms with van der Waals surface area (Å²) in [5.74, 6) is 1.55. The number of aromatic nitrogens is 4. The predicted octanol–water partition coefficient (Wildman–Crippen LogP) is 2.52. The number of nitrogens with two attached hydrogens (primary N) is 1. The van der Waals surface area contributed by atoms with Crippen LogP contribution in [0.3, 0.4) is 0 Å². The highest BCUT2D eigenvalue weighted by molar-refractivity contribution is 6.04. The number of hydrogen-bond donors (Lipinski definition) is 1. The van der Waals surface area contributed by atoms with Crippen molar-refractivity contribution in [3.63, 3.8) is 0 Å². The Bertz CT molecular complexity index is 945. The average molecular weight is 348 g/mol. The highest BCUT2D eigenvalue weighted by Gasteiger charge is 2.51. The molecular formula is C19H20N6O. The molecular weight excluding hydrogens is 328 g/mol. The summed E-state index contributed by atoms with van der Waals surface area (Å²) in [4.78, 5) is 31.7. The van der Waals surface area contributed by atoms with E-state index in [1.165, 1.54) is 6.20 Å². The highest BCUT2D eigenvalue weighted by Crippen LogP contribution is 2.50. The maximum Gasteiger partial charge on any atom is 0.238 e. The lowest BCUT2D eigenvalue weighted by Crippen LogP contribution is -2.32. The molecule has 2 N–H and O–H groups in total. The van der Waals surface area contributed by atoms with Crippen LogP contribution in [0.15, 0.2) is 42.6 Å². The number of allylic oxidation sites excluding steroid dienone is 4. The first kappa shape index (κ1) is 16.4. The fourth-order valence-electron chi connectivity index (χ4n) is 3.58. The van der Waals surface area contributed by atoms with Gasteiger partial charge in [-0.3, -0.25) is 14.7 Å². The van der Waals surface area contributed by atoms with Crippen LogP contribution in [-0.2, 0) is 4.79 Å². The van der Waals surface area contributed by atoms with Crippen LogP contribution in [0.1, 0.15) is 31.7 Å². The quantitative estimate of drug-likeness (QED) is 0.895. The normalized spacial score (nSPS) is 21.3. The molecule has 4 rings (SSSR count). The number of amides is 1. The van der Waals surface area contributed by atoms with Crippen LogP contribution in [0.5, 0.6) is 0 Å². The van der Waals surface area contributed by atoms with Gasteiger partial charge in [-0.25, -0.2) is 15.0 Å². The molecule has 1 saturated heterocycles. The van der Waals surface area contributed by atoms with Gasteiger partial charge >= 0.3 is 0 Å². The zero-order valence-corrected chi connectivity index (χ0v) is 15.0. The van der Waals surface area contributed by atoms with E-state index in [1.807, 2.05) is 26.8 Å². The molecule has 1 aliphatic heterocycles.